The molecule has 0 fully saturated rings. The van der Waals surface area contributed by atoms with E-state index in [1.807, 2.05) is 41.5 Å². The zero-order chi connectivity index (χ0) is 27.4. The molecule has 0 aliphatic heterocycles. The smallest absolute Gasteiger partial charge is 0.173 e. The van der Waals surface area contributed by atoms with Gasteiger partial charge in [-0.05, 0) is 33.1 Å². The first-order valence-electron chi connectivity index (χ1n) is 11.2. The highest BCUT2D eigenvalue weighted by Crippen LogP contribution is 2.42. The zero-order valence-corrected chi connectivity index (χ0v) is 21.3. The van der Waals surface area contributed by atoms with Gasteiger partial charge in [-0.3, -0.25) is 0 Å². The number of hydrogen-bond donors (Lipinski definition) is 0. The molecule has 0 unspecified atom stereocenters. The van der Waals surface area contributed by atoms with E-state index in [1.165, 1.54) is 0 Å². The molecule has 0 amide bonds. The van der Waals surface area contributed by atoms with Crippen LogP contribution in [0.4, 0.5) is 0 Å². The van der Waals surface area contributed by atoms with E-state index in [0.717, 1.165) is 0 Å². The third kappa shape index (κ3) is 4.31. The van der Waals surface area contributed by atoms with Crippen LogP contribution in [-0.2, 0) is 10.8 Å². The van der Waals surface area contributed by atoms with Gasteiger partial charge in [0.1, 0.15) is 12.1 Å². The number of rotatable bonds is 4. The third-order valence-electron chi connectivity index (χ3n) is 6.61. The highest BCUT2D eigenvalue weighted by molar-refractivity contribution is 6.02. The molecule has 0 spiro atoms. The molecule has 36 heavy (non-hydrogen) atoms. The van der Waals surface area contributed by atoms with Gasteiger partial charge in [-0.1, -0.05) is 90.1 Å². The third-order valence-corrected chi connectivity index (χ3v) is 6.61. The average Bonchev–Trinajstić information content (AvgIpc) is 2.84. The first kappa shape index (κ1) is 27.4. The van der Waals surface area contributed by atoms with E-state index >= 15 is 0 Å². The summed E-state index contributed by atoms with van der Waals surface area (Å²) in [4.78, 5) is 0. The Morgan fingerprint density at radius 3 is 0.889 bits per heavy atom. The van der Waals surface area contributed by atoms with Gasteiger partial charge in [-0.15, -0.1) is 0 Å². The van der Waals surface area contributed by atoms with Gasteiger partial charge in [0.25, 0.3) is 0 Å². The molecule has 0 atom stereocenters. The maximum absolute atomic E-state index is 9.91. The minimum atomic E-state index is -1.38. The van der Waals surface area contributed by atoms with Gasteiger partial charge >= 0.3 is 0 Å². The molecule has 0 saturated heterocycles. The Morgan fingerprint density at radius 2 is 0.722 bits per heavy atom. The number of nitrogens with zero attached hydrogens (tertiary/aromatic N) is 6. The summed E-state index contributed by atoms with van der Waals surface area (Å²) in [7, 11) is 0. The van der Waals surface area contributed by atoms with Crippen LogP contribution in [0.1, 0.15) is 63.8 Å². The SMILES string of the molecule is CC(C)(C)C(C#N)(C#N)c1ccc(/C(C#N)=C(\C#N)c2ccc(C(C#N)(C#N)C(C)(C)C)cc2)cc1. The molecule has 6 heteroatoms. The number of nitriles is 6. The van der Waals surface area contributed by atoms with Crippen LogP contribution >= 0.6 is 0 Å². The molecule has 0 bridgehead atoms. The lowest BCUT2D eigenvalue weighted by molar-refractivity contribution is 0.305. The van der Waals surface area contributed by atoms with Crippen molar-refractivity contribution in [1.82, 2.24) is 0 Å². The molecule has 0 N–H and O–H groups in total. The lowest BCUT2D eigenvalue weighted by Gasteiger charge is -2.33. The van der Waals surface area contributed by atoms with Crippen molar-refractivity contribution in [3.8, 4) is 36.4 Å². The number of allylic oxidation sites excluding steroid dienone is 2. The van der Waals surface area contributed by atoms with Crippen molar-refractivity contribution in [1.29, 1.82) is 31.6 Å². The first-order chi connectivity index (χ1) is 16.8. The Labute approximate surface area is 213 Å². The van der Waals surface area contributed by atoms with Crippen molar-refractivity contribution in [2.45, 2.75) is 52.4 Å². The molecular formula is C30H26N6. The van der Waals surface area contributed by atoms with Crippen molar-refractivity contribution in [3.63, 3.8) is 0 Å². The van der Waals surface area contributed by atoms with Gasteiger partial charge < -0.3 is 0 Å². The first-order valence-corrected chi connectivity index (χ1v) is 11.2. The zero-order valence-electron chi connectivity index (χ0n) is 21.3. The predicted molar refractivity (Wildman–Crippen MR) is 136 cm³/mol. The Kier molecular flexibility index (Phi) is 7.43. The van der Waals surface area contributed by atoms with Crippen LogP contribution < -0.4 is 0 Å². The normalized spacial score (nSPS) is 12.4. The maximum atomic E-state index is 9.91. The summed E-state index contributed by atoms with van der Waals surface area (Å²) in [6, 6.07) is 25.9. The Morgan fingerprint density at radius 1 is 0.472 bits per heavy atom. The van der Waals surface area contributed by atoms with Gasteiger partial charge in [0.15, 0.2) is 10.8 Å². The topological polar surface area (TPSA) is 143 Å². The quantitative estimate of drug-likeness (QED) is 0.378. The molecule has 0 aliphatic rings. The molecule has 2 aromatic rings. The molecular weight excluding hydrogens is 444 g/mol. The molecule has 0 radical (unpaired) electrons. The molecule has 0 aromatic heterocycles. The summed E-state index contributed by atoms with van der Waals surface area (Å²) in [5.41, 5.74) is -1.83. The molecule has 2 rings (SSSR count). The van der Waals surface area contributed by atoms with E-state index in [2.05, 4.69) is 36.4 Å². The van der Waals surface area contributed by atoms with Gasteiger partial charge in [0.2, 0.25) is 0 Å². The molecule has 0 aliphatic carbocycles. The molecule has 0 saturated carbocycles. The van der Waals surface area contributed by atoms with E-state index in [1.54, 1.807) is 48.5 Å². The molecule has 6 nitrogen and oxygen atoms in total. The second-order valence-corrected chi connectivity index (χ2v) is 10.6. The second-order valence-electron chi connectivity index (χ2n) is 10.6. The fourth-order valence-corrected chi connectivity index (χ4v) is 4.15. The van der Waals surface area contributed by atoms with Crippen LogP contribution in [0.5, 0.6) is 0 Å². The Bertz CT molecular complexity index is 1290. The van der Waals surface area contributed by atoms with Gasteiger partial charge in [-0.25, -0.2) is 0 Å². The van der Waals surface area contributed by atoms with Gasteiger partial charge in [0, 0.05) is 0 Å². The summed E-state index contributed by atoms with van der Waals surface area (Å²) in [6.07, 6.45) is 0. The summed E-state index contributed by atoms with van der Waals surface area (Å²) >= 11 is 0. The highest BCUT2D eigenvalue weighted by atomic mass is 14.5. The minimum Gasteiger partial charge on any atom is -0.196 e. The lowest BCUT2D eigenvalue weighted by atomic mass is 9.64. The standard InChI is InChI=1S/C30H26N6/c1-27(2,3)29(17-33,18-34)23-11-7-21(8-12-23)25(15-31)26(16-32)22-9-13-24(14-10-22)30(19-35,20-36)28(4,5)6/h7-14H,1-6H3/b26-25+. The fourth-order valence-electron chi connectivity index (χ4n) is 4.15. The van der Waals surface area contributed by atoms with Crippen LogP contribution in [0.15, 0.2) is 48.5 Å². The Hall–Kier alpha value is -4.88. The fraction of sp³-hybridized carbons (Fsp3) is 0.333. The van der Waals surface area contributed by atoms with Crippen LogP contribution in [0.25, 0.3) is 11.1 Å². The average molecular weight is 471 g/mol. The lowest BCUT2D eigenvalue weighted by Crippen LogP contribution is -2.37. The van der Waals surface area contributed by atoms with Crippen LogP contribution in [-0.4, -0.2) is 0 Å². The monoisotopic (exact) mass is 470 g/mol. The maximum Gasteiger partial charge on any atom is 0.173 e. The summed E-state index contributed by atoms with van der Waals surface area (Å²) in [6.45, 7) is 10.9. The summed E-state index contributed by atoms with van der Waals surface area (Å²) in [5, 5.41) is 59.1. The number of benzene rings is 2. The summed E-state index contributed by atoms with van der Waals surface area (Å²) < 4.78 is 0. The van der Waals surface area contributed by atoms with E-state index in [0.29, 0.717) is 22.3 Å². The Balaban J connectivity index is 2.64. The minimum absolute atomic E-state index is 0.134. The van der Waals surface area contributed by atoms with E-state index in [-0.39, 0.29) is 11.1 Å². The second kappa shape index (κ2) is 9.77. The van der Waals surface area contributed by atoms with Crippen molar-refractivity contribution in [2.24, 2.45) is 10.8 Å². The van der Waals surface area contributed by atoms with Crippen molar-refractivity contribution >= 4 is 11.1 Å². The molecule has 176 valence electrons. The van der Waals surface area contributed by atoms with Crippen LogP contribution in [0.2, 0.25) is 0 Å². The highest BCUT2D eigenvalue weighted by Gasteiger charge is 2.45. The van der Waals surface area contributed by atoms with Crippen LogP contribution in [0, 0.1) is 78.8 Å². The van der Waals surface area contributed by atoms with Crippen LogP contribution in [0.3, 0.4) is 0 Å². The van der Waals surface area contributed by atoms with Gasteiger partial charge in [-0.2, -0.15) is 31.6 Å². The predicted octanol–water partition coefficient (Wildman–Crippen LogP) is 6.31. The van der Waals surface area contributed by atoms with E-state index in [9.17, 15) is 31.6 Å². The molecule has 2 aromatic carbocycles. The van der Waals surface area contributed by atoms with E-state index < -0.39 is 21.7 Å². The molecule has 0 heterocycles. The van der Waals surface area contributed by atoms with Crippen molar-refractivity contribution in [2.75, 3.05) is 0 Å². The summed E-state index contributed by atoms with van der Waals surface area (Å²) in [5.74, 6) is 0. The van der Waals surface area contributed by atoms with Gasteiger partial charge in [0.05, 0.1) is 35.4 Å². The number of hydrogen-bond acceptors (Lipinski definition) is 6. The van der Waals surface area contributed by atoms with E-state index in [4.69, 9.17) is 0 Å². The van der Waals surface area contributed by atoms with Crippen molar-refractivity contribution in [3.05, 3.63) is 70.8 Å². The van der Waals surface area contributed by atoms with Crippen molar-refractivity contribution < 1.29 is 0 Å². The largest absolute Gasteiger partial charge is 0.196 e.